The van der Waals surface area contributed by atoms with Gasteiger partial charge in [0.2, 0.25) is 0 Å². The van der Waals surface area contributed by atoms with Gasteiger partial charge in [-0.25, -0.2) is 4.79 Å². The predicted molar refractivity (Wildman–Crippen MR) is 115 cm³/mol. The van der Waals surface area contributed by atoms with Crippen LogP contribution >= 0.6 is 0 Å². The van der Waals surface area contributed by atoms with Crippen molar-refractivity contribution in [2.24, 2.45) is 0 Å². The maximum Gasteiger partial charge on any atom is 0.337 e. The van der Waals surface area contributed by atoms with Crippen molar-refractivity contribution in [1.29, 1.82) is 0 Å². The van der Waals surface area contributed by atoms with Crippen LogP contribution in [-0.4, -0.2) is 24.0 Å². The minimum atomic E-state index is -0.393. The van der Waals surface area contributed by atoms with Crippen molar-refractivity contribution < 1.29 is 19.1 Å². The van der Waals surface area contributed by atoms with Gasteiger partial charge in [-0.3, -0.25) is 4.79 Å². The Balaban J connectivity index is 1.71. The van der Waals surface area contributed by atoms with Gasteiger partial charge in [-0.15, -0.1) is 0 Å². The summed E-state index contributed by atoms with van der Waals surface area (Å²) in [5.41, 5.74) is 3.96. The maximum atomic E-state index is 13.3. The molecule has 1 N–H and O–H groups in total. The molecule has 5 heteroatoms. The summed E-state index contributed by atoms with van der Waals surface area (Å²) < 4.78 is 11.6. The van der Waals surface area contributed by atoms with Crippen LogP contribution in [0.3, 0.4) is 0 Å². The van der Waals surface area contributed by atoms with E-state index in [4.69, 9.17) is 9.47 Å². The zero-order valence-corrected chi connectivity index (χ0v) is 18.1. The van der Waals surface area contributed by atoms with Crippen molar-refractivity contribution in [3.63, 3.8) is 0 Å². The molecule has 0 amide bonds. The number of hydrogen-bond acceptors (Lipinski definition) is 5. The summed E-state index contributed by atoms with van der Waals surface area (Å²) in [5.74, 6) is 0.206. The summed E-state index contributed by atoms with van der Waals surface area (Å²) in [6.45, 7) is 5.89. The molecule has 160 valence electrons. The van der Waals surface area contributed by atoms with Gasteiger partial charge in [0, 0.05) is 29.3 Å². The Bertz CT molecular complexity index is 888. The molecule has 0 radical (unpaired) electrons. The third kappa shape index (κ3) is 4.16. The smallest absolute Gasteiger partial charge is 0.337 e. The zero-order valence-electron chi connectivity index (χ0n) is 18.1. The van der Waals surface area contributed by atoms with Crippen molar-refractivity contribution in [1.82, 2.24) is 5.32 Å². The standard InChI is InChI=1S/C25H31NO4/c1-15(2)29-19-13-11-17(12-14-19)23-22(25(28)30-18-7-4-5-8-18)16(3)26-20-9-6-10-21(27)24(20)23/h11-15,18,23,26H,4-10H2,1-3H3/t23-/m1/s1. The average Bonchev–Trinajstić information content (AvgIpc) is 3.20. The number of ether oxygens (including phenoxy) is 2. The van der Waals surface area contributed by atoms with Gasteiger partial charge < -0.3 is 14.8 Å². The van der Waals surface area contributed by atoms with Crippen LogP contribution < -0.4 is 10.1 Å². The Labute approximate surface area is 178 Å². The Kier molecular flexibility index (Phi) is 5.98. The number of ketones is 1. The highest BCUT2D eigenvalue weighted by Crippen LogP contribution is 2.43. The molecule has 1 atom stereocenters. The van der Waals surface area contributed by atoms with E-state index in [1.54, 1.807) is 0 Å². The number of nitrogens with one attached hydrogen (secondary N) is 1. The van der Waals surface area contributed by atoms with Gasteiger partial charge in [0.15, 0.2) is 5.78 Å². The molecule has 1 fully saturated rings. The zero-order chi connectivity index (χ0) is 21.3. The van der Waals surface area contributed by atoms with Gasteiger partial charge >= 0.3 is 5.97 Å². The minimum Gasteiger partial charge on any atom is -0.491 e. The van der Waals surface area contributed by atoms with Gasteiger partial charge in [0.1, 0.15) is 11.9 Å². The fourth-order valence-electron chi connectivity index (χ4n) is 4.82. The quantitative estimate of drug-likeness (QED) is 0.699. The molecule has 30 heavy (non-hydrogen) atoms. The van der Waals surface area contributed by atoms with E-state index in [9.17, 15) is 9.59 Å². The number of hydrogen-bond donors (Lipinski definition) is 1. The lowest BCUT2D eigenvalue weighted by Crippen LogP contribution is -2.35. The van der Waals surface area contributed by atoms with E-state index >= 15 is 0 Å². The summed E-state index contributed by atoms with van der Waals surface area (Å²) in [6, 6.07) is 7.77. The van der Waals surface area contributed by atoms with Gasteiger partial charge in [-0.05, 0) is 77.0 Å². The van der Waals surface area contributed by atoms with E-state index < -0.39 is 5.92 Å². The molecule has 5 nitrogen and oxygen atoms in total. The molecule has 2 aliphatic carbocycles. The highest BCUT2D eigenvalue weighted by molar-refractivity contribution is 6.03. The fourth-order valence-corrected chi connectivity index (χ4v) is 4.82. The summed E-state index contributed by atoms with van der Waals surface area (Å²) in [7, 11) is 0. The van der Waals surface area contributed by atoms with Crippen LogP contribution in [0.5, 0.6) is 5.75 Å². The van der Waals surface area contributed by atoms with Crippen molar-refractivity contribution >= 4 is 11.8 Å². The van der Waals surface area contributed by atoms with Gasteiger partial charge in [-0.2, -0.15) is 0 Å². The molecule has 0 unspecified atom stereocenters. The molecule has 1 aliphatic heterocycles. The summed E-state index contributed by atoms with van der Waals surface area (Å²) in [6.07, 6.45) is 6.30. The molecule has 1 aromatic rings. The molecular formula is C25H31NO4. The van der Waals surface area contributed by atoms with Crippen LogP contribution in [0.15, 0.2) is 46.8 Å². The van der Waals surface area contributed by atoms with Crippen LogP contribution in [0.25, 0.3) is 0 Å². The van der Waals surface area contributed by atoms with Gasteiger partial charge in [0.05, 0.1) is 11.7 Å². The van der Waals surface area contributed by atoms with E-state index in [2.05, 4.69) is 5.32 Å². The molecule has 1 aromatic carbocycles. The first-order valence-electron chi connectivity index (χ1n) is 11.2. The topological polar surface area (TPSA) is 64.6 Å². The molecule has 0 spiro atoms. The van der Waals surface area contributed by atoms with E-state index in [0.29, 0.717) is 12.0 Å². The first kappa shape index (κ1) is 20.7. The molecule has 1 heterocycles. The Hall–Kier alpha value is -2.56. The minimum absolute atomic E-state index is 0.0160. The molecule has 1 saturated carbocycles. The molecule has 4 rings (SSSR count). The number of dihydropyridines is 1. The second-order valence-corrected chi connectivity index (χ2v) is 8.81. The number of carbonyl (C=O) groups is 2. The van der Waals surface area contributed by atoms with Crippen LogP contribution in [0.2, 0.25) is 0 Å². The van der Waals surface area contributed by atoms with E-state index in [0.717, 1.165) is 66.8 Å². The summed E-state index contributed by atoms with van der Waals surface area (Å²) >= 11 is 0. The monoisotopic (exact) mass is 409 g/mol. The Morgan fingerprint density at radius 2 is 1.77 bits per heavy atom. The van der Waals surface area contributed by atoms with Gasteiger partial charge in [-0.1, -0.05) is 12.1 Å². The molecule has 0 saturated heterocycles. The summed E-state index contributed by atoms with van der Waals surface area (Å²) in [4.78, 5) is 26.2. The predicted octanol–water partition coefficient (Wildman–Crippen LogP) is 4.93. The van der Waals surface area contributed by atoms with Crippen LogP contribution in [0, 0.1) is 0 Å². The number of rotatable bonds is 5. The average molecular weight is 410 g/mol. The Morgan fingerprint density at radius 1 is 1.07 bits per heavy atom. The Morgan fingerprint density at radius 3 is 2.43 bits per heavy atom. The third-order valence-electron chi connectivity index (χ3n) is 6.16. The van der Waals surface area contributed by atoms with Crippen LogP contribution in [0.1, 0.15) is 77.2 Å². The SMILES string of the molecule is CC1=C(C(=O)OC2CCCC2)[C@@H](c2ccc(OC(C)C)cc2)C2=C(CCCC2=O)N1. The van der Waals surface area contributed by atoms with E-state index in [1.165, 1.54) is 0 Å². The van der Waals surface area contributed by atoms with Crippen molar-refractivity contribution in [3.05, 3.63) is 52.4 Å². The summed E-state index contributed by atoms with van der Waals surface area (Å²) in [5, 5.41) is 3.35. The van der Waals surface area contributed by atoms with E-state index in [-0.39, 0.29) is 24.0 Å². The first-order chi connectivity index (χ1) is 14.4. The highest BCUT2D eigenvalue weighted by atomic mass is 16.5. The van der Waals surface area contributed by atoms with Gasteiger partial charge in [0.25, 0.3) is 0 Å². The number of benzene rings is 1. The third-order valence-corrected chi connectivity index (χ3v) is 6.16. The lowest BCUT2D eigenvalue weighted by molar-refractivity contribution is -0.144. The van der Waals surface area contributed by atoms with Crippen LogP contribution in [0.4, 0.5) is 0 Å². The van der Waals surface area contributed by atoms with Crippen molar-refractivity contribution in [3.8, 4) is 5.75 Å². The molecular weight excluding hydrogens is 378 g/mol. The van der Waals surface area contributed by atoms with Crippen molar-refractivity contribution in [2.45, 2.75) is 83.8 Å². The molecule has 0 bridgehead atoms. The highest BCUT2D eigenvalue weighted by Gasteiger charge is 2.39. The lowest BCUT2D eigenvalue weighted by Gasteiger charge is -2.34. The van der Waals surface area contributed by atoms with E-state index in [1.807, 2.05) is 45.0 Å². The first-order valence-corrected chi connectivity index (χ1v) is 11.2. The maximum absolute atomic E-state index is 13.3. The molecule has 0 aromatic heterocycles. The second kappa shape index (κ2) is 8.66. The largest absolute Gasteiger partial charge is 0.491 e. The second-order valence-electron chi connectivity index (χ2n) is 8.81. The number of carbonyl (C=O) groups excluding carboxylic acids is 2. The number of Topliss-reactive ketones (excluding diaryl/α,β-unsaturated/α-hetero) is 1. The normalized spacial score (nSPS) is 22.3. The van der Waals surface area contributed by atoms with Crippen molar-refractivity contribution in [2.75, 3.05) is 0 Å². The fraction of sp³-hybridized carbons (Fsp3) is 0.520. The lowest BCUT2D eigenvalue weighted by atomic mass is 9.75. The molecule has 3 aliphatic rings. The number of allylic oxidation sites excluding steroid dienone is 3. The van der Waals surface area contributed by atoms with Crippen LogP contribution in [-0.2, 0) is 14.3 Å². The number of esters is 1.